The first-order chi connectivity index (χ1) is 9.15. The van der Waals surface area contributed by atoms with Gasteiger partial charge in [-0.1, -0.05) is 29.3 Å². The lowest BCUT2D eigenvalue weighted by Gasteiger charge is -1.99. The standard InChI is InChI=1S/C12H7Cl2N3OS/c13-6-1-2-7-8(5-6)19-11(10(7)14)12(18)16-9-3-4-15-17-9/h1-5H,(H2,15,16,17,18). The maximum Gasteiger partial charge on any atom is 0.268 e. The molecule has 3 rings (SSSR count). The molecule has 2 N–H and O–H groups in total. The molecule has 96 valence electrons. The molecule has 0 saturated heterocycles. The number of aromatic nitrogens is 2. The SMILES string of the molecule is O=C(Nc1ccn[nH]1)c1sc2cc(Cl)ccc2c1Cl. The van der Waals surface area contributed by atoms with E-state index in [4.69, 9.17) is 23.2 Å². The summed E-state index contributed by atoms with van der Waals surface area (Å²) in [7, 11) is 0. The number of thiophene rings is 1. The summed E-state index contributed by atoms with van der Waals surface area (Å²) in [6, 6.07) is 7.01. The van der Waals surface area contributed by atoms with Gasteiger partial charge in [-0.3, -0.25) is 9.89 Å². The summed E-state index contributed by atoms with van der Waals surface area (Å²) in [5, 5.41) is 11.0. The fourth-order valence-electron chi connectivity index (χ4n) is 1.69. The van der Waals surface area contributed by atoms with Crippen LogP contribution in [-0.2, 0) is 0 Å². The predicted octanol–water partition coefficient (Wildman–Crippen LogP) is 4.18. The number of rotatable bonds is 2. The number of anilines is 1. The summed E-state index contributed by atoms with van der Waals surface area (Å²) in [6.07, 6.45) is 1.56. The zero-order chi connectivity index (χ0) is 13.4. The van der Waals surface area contributed by atoms with Gasteiger partial charge in [0, 0.05) is 21.2 Å². The van der Waals surface area contributed by atoms with Crippen molar-refractivity contribution < 1.29 is 4.79 Å². The lowest BCUT2D eigenvalue weighted by molar-refractivity contribution is 0.103. The molecule has 1 aromatic carbocycles. The molecule has 2 aromatic heterocycles. The van der Waals surface area contributed by atoms with Crippen molar-refractivity contribution >= 4 is 56.3 Å². The second-order valence-corrected chi connectivity index (χ2v) is 5.68. The summed E-state index contributed by atoms with van der Waals surface area (Å²) >= 11 is 13.5. The highest BCUT2D eigenvalue weighted by atomic mass is 35.5. The van der Waals surface area contributed by atoms with Crippen LogP contribution in [0.2, 0.25) is 10.0 Å². The number of halogens is 2. The number of hydrogen-bond donors (Lipinski definition) is 2. The van der Waals surface area contributed by atoms with Gasteiger partial charge in [-0.2, -0.15) is 5.10 Å². The molecular formula is C12H7Cl2N3OS. The summed E-state index contributed by atoms with van der Waals surface area (Å²) < 4.78 is 0.882. The molecule has 4 nitrogen and oxygen atoms in total. The van der Waals surface area contributed by atoms with Crippen LogP contribution in [0.15, 0.2) is 30.5 Å². The average Bonchev–Trinajstić information content (AvgIpc) is 2.97. The highest BCUT2D eigenvalue weighted by Crippen LogP contribution is 2.36. The van der Waals surface area contributed by atoms with Crippen molar-refractivity contribution in [2.45, 2.75) is 0 Å². The quantitative estimate of drug-likeness (QED) is 0.745. The summed E-state index contributed by atoms with van der Waals surface area (Å²) in [5.74, 6) is 0.253. The van der Waals surface area contributed by atoms with Gasteiger partial charge in [0.2, 0.25) is 0 Å². The van der Waals surface area contributed by atoms with E-state index in [0.717, 1.165) is 10.1 Å². The molecule has 0 aliphatic heterocycles. The molecule has 19 heavy (non-hydrogen) atoms. The second-order valence-electron chi connectivity index (χ2n) is 3.81. The zero-order valence-electron chi connectivity index (χ0n) is 9.41. The minimum absolute atomic E-state index is 0.272. The van der Waals surface area contributed by atoms with E-state index in [1.54, 1.807) is 24.4 Å². The molecule has 0 aliphatic rings. The number of fused-ring (bicyclic) bond motifs is 1. The Morgan fingerprint density at radius 1 is 1.32 bits per heavy atom. The highest BCUT2D eigenvalue weighted by Gasteiger charge is 2.17. The molecule has 0 spiro atoms. The first kappa shape index (κ1) is 12.5. The van der Waals surface area contributed by atoms with E-state index in [9.17, 15) is 4.79 Å². The number of nitrogens with one attached hydrogen (secondary N) is 2. The number of H-pyrrole nitrogens is 1. The third kappa shape index (κ3) is 2.32. The smallest absolute Gasteiger partial charge is 0.268 e. The number of carbonyl (C=O) groups excluding carboxylic acids is 1. The van der Waals surface area contributed by atoms with Gasteiger partial charge in [0.05, 0.1) is 11.2 Å². The number of nitrogens with zero attached hydrogens (tertiary/aromatic N) is 1. The van der Waals surface area contributed by atoms with Gasteiger partial charge in [-0.05, 0) is 12.1 Å². The lowest BCUT2D eigenvalue weighted by atomic mass is 10.2. The van der Waals surface area contributed by atoms with E-state index in [-0.39, 0.29) is 5.91 Å². The van der Waals surface area contributed by atoms with Crippen LogP contribution in [0.4, 0.5) is 5.82 Å². The van der Waals surface area contributed by atoms with E-state index in [0.29, 0.717) is 20.7 Å². The van der Waals surface area contributed by atoms with E-state index in [1.165, 1.54) is 11.3 Å². The fraction of sp³-hybridized carbons (Fsp3) is 0. The van der Waals surface area contributed by atoms with Gasteiger partial charge < -0.3 is 5.32 Å². The van der Waals surface area contributed by atoms with Crippen molar-refractivity contribution in [2.75, 3.05) is 5.32 Å². The van der Waals surface area contributed by atoms with Crippen LogP contribution in [0, 0.1) is 0 Å². The number of hydrogen-bond acceptors (Lipinski definition) is 3. The van der Waals surface area contributed by atoms with Crippen molar-refractivity contribution in [1.29, 1.82) is 0 Å². The van der Waals surface area contributed by atoms with Crippen LogP contribution >= 0.6 is 34.5 Å². The second kappa shape index (κ2) is 4.85. The largest absolute Gasteiger partial charge is 0.306 e. The van der Waals surface area contributed by atoms with Gasteiger partial charge in [-0.15, -0.1) is 11.3 Å². The van der Waals surface area contributed by atoms with Crippen LogP contribution < -0.4 is 5.32 Å². The minimum Gasteiger partial charge on any atom is -0.306 e. The Bertz CT molecular complexity index is 752. The lowest BCUT2D eigenvalue weighted by Crippen LogP contribution is -2.10. The summed E-state index contributed by atoms with van der Waals surface area (Å²) in [4.78, 5) is 12.6. The number of benzene rings is 1. The molecule has 0 radical (unpaired) electrons. The Morgan fingerprint density at radius 3 is 2.89 bits per heavy atom. The molecule has 0 unspecified atom stereocenters. The van der Waals surface area contributed by atoms with E-state index >= 15 is 0 Å². The van der Waals surface area contributed by atoms with Gasteiger partial charge in [0.1, 0.15) is 10.7 Å². The third-order valence-electron chi connectivity index (χ3n) is 2.55. The predicted molar refractivity (Wildman–Crippen MR) is 78.4 cm³/mol. The number of carbonyl (C=O) groups is 1. The fourth-order valence-corrected chi connectivity index (χ4v) is 3.38. The van der Waals surface area contributed by atoms with Crippen LogP contribution in [-0.4, -0.2) is 16.1 Å². The third-order valence-corrected chi connectivity index (χ3v) is 4.44. The van der Waals surface area contributed by atoms with Crippen LogP contribution in [0.5, 0.6) is 0 Å². The summed E-state index contributed by atoms with van der Waals surface area (Å²) in [5.41, 5.74) is 0. The molecule has 0 aliphatic carbocycles. The van der Waals surface area contributed by atoms with Crippen LogP contribution in [0.25, 0.3) is 10.1 Å². The monoisotopic (exact) mass is 311 g/mol. The first-order valence-electron chi connectivity index (χ1n) is 5.33. The van der Waals surface area contributed by atoms with E-state index in [1.807, 2.05) is 6.07 Å². The topological polar surface area (TPSA) is 57.8 Å². The maximum absolute atomic E-state index is 12.1. The van der Waals surface area contributed by atoms with Gasteiger partial charge in [0.25, 0.3) is 5.91 Å². The van der Waals surface area contributed by atoms with Crippen molar-refractivity contribution in [2.24, 2.45) is 0 Å². The van der Waals surface area contributed by atoms with Crippen molar-refractivity contribution in [3.8, 4) is 0 Å². The van der Waals surface area contributed by atoms with Crippen molar-refractivity contribution in [1.82, 2.24) is 10.2 Å². The average molecular weight is 312 g/mol. The molecular weight excluding hydrogens is 305 g/mol. The first-order valence-corrected chi connectivity index (χ1v) is 6.90. The maximum atomic E-state index is 12.1. The molecule has 1 amide bonds. The van der Waals surface area contributed by atoms with E-state index in [2.05, 4.69) is 15.5 Å². The van der Waals surface area contributed by atoms with Gasteiger partial charge >= 0.3 is 0 Å². The van der Waals surface area contributed by atoms with Crippen LogP contribution in [0.1, 0.15) is 9.67 Å². The zero-order valence-corrected chi connectivity index (χ0v) is 11.7. The Hall–Kier alpha value is -1.56. The number of aromatic amines is 1. The Kier molecular flexibility index (Phi) is 3.18. The Labute approximate surface area is 122 Å². The molecule has 0 atom stereocenters. The molecule has 3 aromatic rings. The number of amides is 1. The molecule has 7 heteroatoms. The molecule has 0 bridgehead atoms. The molecule has 0 saturated carbocycles. The highest BCUT2D eigenvalue weighted by molar-refractivity contribution is 7.21. The van der Waals surface area contributed by atoms with E-state index < -0.39 is 0 Å². The molecule has 2 heterocycles. The van der Waals surface area contributed by atoms with Gasteiger partial charge in [-0.25, -0.2) is 0 Å². The van der Waals surface area contributed by atoms with Crippen molar-refractivity contribution in [3.63, 3.8) is 0 Å². The Balaban J connectivity index is 2.00. The van der Waals surface area contributed by atoms with Gasteiger partial charge in [0.15, 0.2) is 0 Å². The molecule has 0 fully saturated rings. The normalized spacial score (nSPS) is 10.8. The van der Waals surface area contributed by atoms with Crippen molar-refractivity contribution in [3.05, 3.63) is 45.4 Å². The summed E-state index contributed by atoms with van der Waals surface area (Å²) in [6.45, 7) is 0. The Morgan fingerprint density at radius 2 is 2.16 bits per heavy atom. The minimum atomic E-state index is -0.272. The van der Waals surface area contributed by atoms with Crippen LogP contribution in [0.3, 0.4) is 0 Å².